The summed E-state index contributed by atoms with van der Waals surface area (Å²) in [4.78, 5) is 5.07. The molecule has 1 aliphatic rings. The molecule has 2 rings (SSSR count). The number of hydrogen-bond donors (Lipinski definition) is 1. The van der Waals surface area contributed by atoms with E-state index in [1.807, 2.05) is 0 Å². The van der Waals surface area contributed by atoms with Crippen LogP contribution in [-0.4, -0.2) is 49.1 Å². The van der Waals surface area contributed by atoms with E-state index in [2.05, 4.69) is 56.9 Å². The molecule has 1 heterocycles. The second-order valence-corrected chi connectivity index (χ2v) is 6.10. The zero-order valence-corrected chi connectivity index (χ0v) is 13.3. The molecule has 1 aromatic rings. The molecule has 3 nitrogen and oxygen atoms in total. The number of hydrogen-bond acceptors (Lipinski definition) is 3. The van der Waals surface area contributed by atoms with Crippen molar-refractivity contribution in [3.8, 4) is 0 Å². The lowest BCUT2D eigenvalue weighted by Gasteiger charge is -2.39. The minimum Gasteiger partial charge on any atom is -0.329 e. The van der Waals surface area contributed by atoms with E-state index >= 15 is 0 Å². The minimum atomic E-state index is 0.358. The second kappa shape index (κ2) is 7.39. The van der Waals surface area contributed by atoms with E-state index in [9.17, 15) is 0 Å². The average molecular weight is 326 g/mol. The smallest absolute Gasteiger partial charge is 0.0471 e. The Morgan fingerprint density at radius 1 is 1.16 bits per heavy atom. The molecule has 106 valence electrons. The largest absolute Gasteiger partial charge is 0.329 e. The summed E-state index contributed by atoms with van der Waals surface area (Å²) in [6.07, 6.45) is 1.24. The number of benzene rings is 1. The van der Waals surface area contributed by atoms with E-state index in [1.54, 1.807) is 0 Å². The van der Waals surface area contributed by atoms with E-state index in [0.717, 1.165) is 17.6 Å². The van der Waals surface area contributed by atoms with Crippen LogP contribution in [0.25, 0.3) is 0 Å². The van der Waals surface area contributed by atoms with Crippen LogP contribution in [-0.2, 0) is 0 Å². The van der Waals surface area contributed by atoms with E-state index < -0.39 is 0 Å². The number of nitrogens with zero attached hydrogens (tertiary/aromatic N) is 2. The van der Waals surface area contributed by atoms with Crippen molar-refractivity contribution in [2.75, 3.05) is 39.3 Å². The summed E-state index contributed by atoms with van der Waals surface area (Å²) in [6, 6.07) is 8.92. The Morgan fingerprint density at radius 3 is 2.32 bits per heavy atom. The predicted molar refractivity (Wildman–Crippen MR) is 84.2 cm³/mol. The molecule has 1 aromatic carbocycles. The Kier molecular flexibility index (Phi) is 5.82. The Bertz CT molecular complexity index is 371. The van der Waals surface area contributed by atoms with Gasteiger partial charge in [-0.3, -0.25) is 4.90 Å². The van der Waals surface area contributed by atoms with Crippen LogP contribution in [0.2, 0.25) is 0 Å². The Morgan fingerprint density at radius 2 is 1.79 bits per heavy atom. The van der Waals surface area contributed by atoms with Crippen molar-refractivity contribution in [3.05, 3.63) is 34.3 Å². The molecule has 19 heavy (non-hydrogen) atoms. The zero-order valence-electron chi connectivity index (χ0n) is 11.7. The van der Waals surface area contributed by atoms with E-state index in [0.29, 0.717) is 12.6 Å². The standard InChI is InChI=1S/C15H24BrN3/c1-2-7-18-8-10-19(11-9-18)15(12-17)13-3-5-14(16)6-4-13/h3-6,15H,2,7-12,17H2,1H3. The second-order valence-electron chi connectivity index (χ2n) is 5.18. The van der Waals surface area contributed by atoms with E-state index in [-0.39, 0.29) is 0 Å². The lowest BCUT2D eigenvalue weighted by Crippen LogP contribution is -2.49. The molecule has 4 heteroatoms. The highest BCUT2D eigenvalue weighted by molar-refractivity contribution is 9.10. The fraction of sp³-hybridized carbons (Fsp3) is 0.600. The summed E-state index contributed by atoms with van der Waals surface area (Å²) in [7, 11) is 0. The summed E-state index contributed by atoms with van der Waals surface area (Å²) >= 11 is 3.49. The Labute approximate surface area is 124 Å². The lowest BCUT2D eigenvalue weighted by molar-refractivity contribution is 0.0985. The third kappa shape index (κ3) is 4.02. The van der Waals surface area contributed by atoms with Gasteiger partial charge in [0.15, 0.2) is 0 Å². The van der Waals surface area contributed by atoms with Gasteiger partial charge in [0.1, 0.15) is 0 Å². The first-order chi connectivity index (χ1) is 9.24. The molecule has 0 saturated carbocycles. The molecule has 1 atom stereocenters. The van der Waals surface area contributed by atoms with Crippen molar-refractivity contribution in [1.29, 1.82) is 0 Å². The highest BCUT2D eigenvalue weighted by Gasteiger charge is 2.23. The number of rotatable bonds is 5. The normalized spacial score (nSPS) is 19.5. The van der Waals surface area contributed by atoms with Crippen molar-refractivity contribution in [1.82, 2.24) is 9.80 Å². The Hall–Kier alpha value is -0.420. The first-order valence-corrected chi connectivity index (χ1v) is 7.95. The average Bonchev–Trinajstić information content (AvgIpc) is 2.44. The first kappa shape index (κ1) is 15.0. The van der Waals surface area contributed by atoms with Crippen molar-refractivity contribution in [2.24, 2.45) is 5.73 Å². The predicted octanol–water partition coefficient (Wildman–Crippen LogP) is 2.48. The van der Waals surface area contributed by atoms with Gasteiger partial charge in [0.05, 0.1) is 0 Å². The van der Waals surface area contributed by atoms with Crippen molar-refractivity contribution >= 4 is 15.9 Å². The monoisotopic (exact) mass is 325 g/mol. The zero-order chi connectivity index (χ0) is 13.7. The molecule has 1 aliphatic heterocycles. The van der Waals surface area contributed by atoms with E-state index in [4.69, 9.17) is 5.73 Å². The highest BCUT2D eigenvalue weighted by atomic mass is 79.9. The fourth-order valence-electron chi connectivity index (χ4n) is 2.80. The van der Waals surface area contributed by atoms with Crippen LogP contribution in [0.1, 0.15) is 24.9 Å². The molecule has 2 N–H and O–H groups in total. The topological polar surface area (TPSA) is 32.5 Å². The van der Waals surface area contributed by atoms with Crippen LogP contribution >= 0.6 is 15.9 Å². The van der Waals surface area contributed by atoms with Crippen LogP contribution in [0.15, 0.2) is 28.7 Å². The SMILES string of the molecule is CCCN1CCN(C(CN)c2ccc(Br)cc2)CC1. The molecule has 0 aliphatic carbocycles. The fourth-order valence-corrected chi connectivity index (χ4v) is 3.06. The van der Waals surface area contributed by atoms with Gasteiger partial charge in [0.25, 0.3) is 0 Å². The number of halogens is 1. The molecule has 0 bridgehead atoms. The molecule has 1 saturated heterocycles. The van der Waals surface area contributed by atoms with E-state index in [1.165, 1.54) is 31.6 Å². The summed E-state index contributed by atoms with van der Waals surface area (Å²) in [6.45, 7) is 8.74. The van der Waals surface area contributed by atoms with Gasteiger partial charge < -0.3 is 10.6 Å². The number of nitrogens with two attached hydrogens (primary N) is 1. The molecule has 0 radical (unpaired) electrons. The third-order valence-electron chi connectivity index (χ3n) is 3.87. The molecule has 1 fully saturated rings. The summed E-state index contributed by atoms with van der Waals surface area (Å²) in [5.74, 6) is 0. The number of piperazine rings is 1. The lowest BCUT2D eigenvalue weighted by atomic mass is 10.0. The van der Waals surface area contributed by atoms with Gasteiger partial charge in [-0.1, -0.05) is 35.0 Å². The van der Waals surface area contributed by atoms with Crippen molar-refractivity contribution < 1.29 is 0 Å². The van der Waals surface area contributed by atoms with Crippen LogP contribution in [0.4, 0.5) is 0 Å². The maximum atomic E-state index is 6.00. The van der Waals surface area contributed by atoms with Crippen molar-refractivity contribution in [2.45, 2.75) is 19.4 Å². The molecule has 0 spiro atoms. The third-order valence-corrected chi connectivity index (χ3v) is 4.39. The van der Waals surface area contributed by atoms with Crippen LogP contribution in [0.3, 0.4) is 0 Å². The van der Waals surface area contributed by atoms with Gasteiger partial charge in [-0.15, -0.1) is 0 Å². The van der Waals surface area contributed by atoms with Crippen LogP contribution < -0.4 is 5.73 Å². The molecule has 0 amide bonds. The van der Waals surface area contributed by atoms with Gasteiger partial charge in [-0.05, 0) is 30.7 Å². The first-order valence-electron chi connectivity index (χ1n) is 7.16. The van der Waals surface area contributed by atoms with Crippen LogP contribution in [0.5, 0.6) is 0 Å². The minimum absolute atomic E-state index is 0.358. The summed E-state index contributed by atoms with van der Waals surface area (Å²) < 4.78 is 1.12. The molecule has 0 aromatic heterocycles. The van der Waals surface area contributed by atoms with Crippen LogP contribution in [0, 0.1) is 0 Å². The highest BCUT2D eigenvalue weighted by Crippen LogP contribution is 2.23. The maximum absolute atomic E-state index is 6.00. The summed E-state index contributed by atoms with van der Waals surface area (Å²) in [5.41, 5.74) is 7.33. The molecule has 1 unspecified atom stereocenters. The Balaban J connectivity index is 1.97. The van der Waals surface area contributed by atoms with Crippen molar-refractivity contribution in [3.63, 3.8) is 0 Å². The molecular weight excluding hydrogens is 302 g/mol. The van der Waals surface area contributed by atoms with Gasteiger partial charge in [-0.2, -0.15) is 0 Å². The summed E-state index contributed by atoms with van der Waals surface area (Å²) in [5, 5.41) is 0. The van der Waals surface area contributed by atoms with Gasteiger partial charge in [0, 0.05) is 43.2 Å². The van der Waals surface area contributed by atoms with Gasteiger partial charge >= 0.3 is 0 Å². The van der Waals surface area contributed by atoms with Gasteiger partial charge in [0.2, 0.25) is 0 Å². The quantitative estimate of drug-likeness (QED) is 0.902. The molecular formula is C15H24BrN3. The van der Waals surface area contributed by atoms with Gasteiger partial charge in [-0.25, -0.2) is 0 Å². The maximum Gasteiger partial charge on any atom is 0.0471 e.